The number of ether oxygens (including phenoxy) is 1. The van der Waals surface area contributed by atoms with Crippen LogP contribution in [0.15, 0.2) is 57.6 Å². The predicted molar refractivity (Wildman–Crippen MR) is 130 cm³/mol. The predicted octanol–water partition coefficient (Wildman–Crippen LogP) is 3.50. The van der Waals surface area contributed by atoms with Gasteiger partial charge in [0.25, 0.3) is 5.56 Å². The number of rotatable bonds is 9. The molecule has 0 saturated carbocycles. The molecule has 0 bridgehead atoms. The van der Waals surface area contributed by atoms with Crippen LogP contribution in [-0.4, -0.2) is 38.3 Å². The van der Waals surface area contributed by atoms with Crippen LogP contribution in [0.1, 0.15) is 29.6 Å². The van der Waals surface area contributed by atoms with Crippen molar-refractivity contribution in [2.45, 2.75) is 45.6 Å². The number of phosphoric ester groups is 1. The van der Waals surface area contributed by atoms with E-state index >= 15 is 0 Å². The van der Waals surface area contributed by atoms with Gasteiger partial charge in [-0.1, -0.05) is 5.11 Å². The van der Waals surface area contributed by atoms with E-state index < -0.39 is 37.4 Å². The van der Waals surface area contributed by atoms with Gasteiger partial charge in [-0.25, -0.2) is 9.36 Å². The van der Waals surface area contributed by atoms with Crippen LogP contribution in [0, 0.1) is 20.8 Å². The average molecular weight is 529 g/mol. The summed E-state index contributed by atoms with van der Waals surface area (Å²) in [6.45, 7) is 4.51. The van der Waals surface area contributed by atoms with Gasteiger partial charge in [-0.3, -0.25) is 28.8 Å². The quantitative estimate of drug-likeness (QED) is 0.187. The third-order valence-corrected chi connectivity index (χ3v) is 6.90. The van der Waals surface area contributed by atoms with Crippen molar-refractivity contribution in [2.24, 2.45) is 5.11 Å². The first-order valence-electron chi connectivity index (χ1n) is 11.2. The SMILES string of the molecule is Cc1ncccc1OP(=O)(OC[C@H]1O[C@@H](n2cc(C)c(=O)[nH]c2=O)CC1N=[N+]=[N-])Oc1cccnc1C. The number of hydrogen-bond acceptors (Lipinski definition) is 10. The number of hydrogen-bond donors (Lipinski definition) is 1. The Labute approximate surface area is 210 Å². The largest absolute Gasteiger partial charge is 0.587 e. The molecule has 0 amide bonds. The van der Waals surface area contributed by atoms with E-state index in [4.69, 9.17) is 23.8 Å². The van der Waals surface area contributed by atoms with E-state index in [-0.39, 0.29) is 24.5 Å². The summed E-state index contributed by atoms with van der Waals surface area (Å²) in [7, 11) is -4.34. The molecular formula is C22H24N7O7P. The highest BCUT2D eigenvalue weighted by Crippen LogP contribution is 2.51. The summed E-state index contributed by atoms with van der Waals surface area (Å²) in [5, 5.41) is 3.74. The van der Waals surface area contributed by atoms with E-state index in [1.165, 1.54) is 10.8 Å². The van der Waals surface area contributed by atoms with Crippen molar-refractivity contribution in [3.8, 4) is 11.5 Å². The zero-order valence-electron chi connectivity index (χ0n) is 20.2. The van der Waals surface area contributed by atoms with Gasteiger partial charge in [-0.2, -0.15) is 0 Å². The van der Waals surface area contributed by atoms with Gasteiger partial charge in [0.05, 0.1) is 30.1 Å². The molecule has 0 radical (unpaired) electrons. The van der Waals surface area contributed by atoms with Gasteiger partial charge in [0.1, 0.15) is 6.23 Å². The highest BCUT2D eigenvalue weighted by molar-refractivity contribution is 7.49. The van der Waals surface area contributed by atoms with Crippen molar-refractivity contribution < 1.29 is 22.9 Å². The summed E-state index contributed by atoms with van der Waals surface area (Å²) >= 11 is 0. The second-order valence-corrected chi connectivity index (χ2v) is 9.73. The van der Waals surface area contributed by atoms with Gasteiger partial charge in [0.2, 0.25) is 0 Å². The summed E-state index contributed by atoms with van der Waals surface area (Å²) in [6.07, 6.45) is 2.80. The summed E-state index contributed by atoms with van der Waals surface area (Å²) in [5.41, 5.74) is 9.05. The molecule has 1 aliphatic heterocycles. The summed E-state index contributed by atoms with van der Waals surface area (Å²) in [4.78, 5) is 37.4. The molecule has 14 nitrogen and oxygen atoms in total. The van der Waals surface area contributed by atoms with Crippen LogP contribution in [0.4, 0.5) is 0 Å². The van der Waals surface area contributed by atoms with Gasteiger partial charge >= 0.3 is 13.5 Å². The monoisotopic (exact) mass is 529 g/mol. The molecule has 37 heavy (non-hydrogen) atoms. The lowest BCUT2D eigenvalue weighted by atomic mass is 10.1. The van der Waals surface area contributed by atoms with Crippen LogP contribution in [-0.2, 0) is 13.8 Å². The van der Waals surface area contributed by atoms with E-state index in [0.29, 0.717) is 17.0 Å². The second-order valence-electron chi connectivity index (χ2n) is 8.22. The van der Waals surface area contributed by atoms with E-state index in [1.807, 2.05) is 0 Å². The van der Waals surface area contributed by atoms with E-state index in [1.54, 1.807) is 57.4 Å². The molecule has 3 aromatic rings. The normalized spacial score (nSPS) is 19.3. The molecule has 1 fully saturated rings. The maximum atomic E-state index is 13.8. The van der Waals surface area contributed by atoms with Crippen LogP contribution in [0.2, 0.25) is 0 Å². The lowest BCUT2D eigenvalue weighted by Gasteiger charge is -2.22. The van der Waals surface area contributed by atoms with Crippen LogP contribution in [0.5, 0.6) is 11.5 Å². The van der Waals surface area contributed by atoms with E-state index in [0.717, 1.165) is 0 Å². The number of pyridine rings is 2. The second kappa shape index (κ2) is 11.0. The number of aryl methyl sites for hydroxylation is 3. The molecule has 1 aliphatic rings. The van der Waals surface area contributed by atoms with Crippen molar-refractivity contribution >= 4 is 7.82 Å². The Morgan fingerprint density at radius 2 is 1.78 bits per heavy atom. The molecule has 3 aromatic heterocycles. The topological polar surface area (TPSA) is 183 Å². The Balaban J connectivity index is 1.59. The maximum Gasteiger partial charge on any atom is 0.587 e. The van der Waals surface area contributed by atoms with Crippen molar-refractivity contribution in [3.05, 3.63) is 91.1 Å². The highest BCUT2D eigenvalue weighted by atomic mass is 31.2. The minimum absolute atomic E-state index is 0.110. The molecule has 1 N–H and O–H groups in total. The van der Waals surface area contributed by atoms with Crippen molar-refractivity contribution in [1.82, 2.24) is 19.5 Å². The third-order valence-electron chi connectivity index (χ3n) is 5.59. The van der Waals surface area contributed by atoms with Crippen LogP contribution >= 0.6 is 7.82 Å². The van der Waals surface area contributed by atoms with Gasteiger partial charge in [-0.05, 0) is 50.6 Å². The van der Waals surface area contributed by atoms with Gasteiger partial charge < -0.3 is 13.8 Å². The summed E-state index contributed by atoms with van der Waals surface area (Å²) < 4.78 is 37.9. The molecule has 4 rings (SSSR count). The number of nitrogens with one attached hydrogen (secondary N) is 1. The van der Waals surface area contributed by atoms with E-state index in [9.17, 15) is 14.2 Å². The van der Waals surface area contributed by atoms with E-state index in [2.05, 4.69) is 25.0 Å². The maximum absolute atomic E-state index is 13.8. The average Bonchev–Trinajstić information content (AvgIpc) is 3.26. The number of azide groups is 1. The number of aromatic amines is 1. The van der Waals surface area contributed by atoms with Gasteiger partial charge in [0.15, 0.2) is 11.5 Å². The molecule has 194 valence electrons. The molecule has 4 heterocycles. The smallest absolute Gasteiger partial charge is 0.393 e. The number of H-pyrrole nitrogens is 1. The van der Waals surface area contributed by atoms with Crippen molar-refractivity contribution in [2.75, 3.05) is 6.61 Å². The molecular weight excluding hydrogens is 505 g/mol. The third kappa shape index (κ3) is 6.07. The number of nitrogens with zero attached hydrogens (tertiary/aromatic N) is 6. The first kappa shape index (κ1) is 26.1. The molecule has 1 saturated heterocycles. The van der Waals surface area contributed by atoms with Crippen LogP contribution < -0.4 is 20.3 Å². The van der Waals surface area contributed by atoms with Crippen LogP contribution in [0.25, 0.3) is 10.4 Å². The highest BCUT2D eigenvalue weighted by Gasteiger charge is 2.40. The Morgan fingerprint density at radius 3 is 2.35 bits per heavy atom. The Hall–Kier alpha value is -3.96. The Kier molecular flexibility index (Phi) is 7.74. The minimum atomic E-state index is -4.34. The van der Waals surface area contributed by atoms with Crippen molar-refractivity contribution in [3.63, 3.8) is 0 Å². The van der Waals surface area contributed by atoms with Crippen molar-refractivity contribution in [1.29, 1.82) is 0 Å². The number of aromatic nitrogens is 4. The number of phosphoric acid groups is 1. The van der Waals surface area contributed by atoms with Gasteiger partial charge in [-0.15, -0.1) is 0 Å². The molecule has 15 heteroatoms. The van der Waals surface area contributed by atoms with Gasteiger partial charge in [0, 0.05) is 35.5 Å². The summed E-state index contributed by atoms with van der Waals surface area (Å²) in [5.74, 6) is 0.360. The molecule has 1 unspecified atom stereocenters. The lowest BCUT2D eigenvalue weighted by molar-refractivity contribution is -0.0260. The lowest BCUT2D eigenvalue weighted by Crippen LogP contribution is -2.33. The zero-order chi connectivity index (χ0) is 26.6. The summed E-state index contributed by atoms with van der Waals surface area (Å²) in [6, 6.07) is 5.56. The molecule has 0 aliphatic carbocycles. The Morgan fingerprint density at radius 1 is 1.16 bits per heavy atom. The zero-order valence-corrected chi connectivity index (χ0v) is 21.1. The molecule has 3 atom stereocenters. The fourth-order valence-electron chi connectivity index (χ4n) is 3.63. The van der Waals surface area contributed by atoms with Crippen LogP contribution in [0.3, 0.4) is 0 Å². The first-order valence-corrected chi connectivity index (χ1v) is 12.6. The fraction of sp³-hybridized carbons (Fsp3) is 0.364. The fourth-order valence-corrected chi connectivity index (χ4v) is 4.97. The molecule has 0 aromatic carbocycles. The first-order chi connectivity index (χ1) is 17.7. The minimum Gasteiger partial charge on any atom is -0.393 e. The Bertz CT molecular complexity index is 1450. The standard InChI is InChI=1S/C22H24N7O7P/c1-13-11-29(22(31)26-21(13)30)20-10-16(27-28-23)19(34-20)12-33-37(32,35-17-6-4-8-24-14(17)2)36-18-7-5-9-25-15(18)3/h4-9,11,16,19-20H,10,12H2,1-3H3,(H,26,30,31)/t16?,19-,20-/m1/s1. The molecule has 0 spiro atoms.